The molecule has 0 aliphatic carbocycles. The zero-order valence-corrected chi connectivity index (χ0v) is 19.8. The number of ether oxygens (including phenoxy) is 1. The fraction of sp³-hybridized carbons (Fsp3) is 0.304. The molecule has 0 unspecified atom stereocenters. The Morgan fingerprint density at radius 3 is 2.67 bits per heavy atom. The van der Waals surface area contributed by atoms with Gasteiger partial charge in [-0.25, -0.2) is 14.6 Å². The summed E-state index contributed by atoms with van der Waals surface area (Å²) in [4.78, 5) is 30.0. The number of rotatable bonds is 5. The molecule has 5 N–H and O–H groups in total. The van der Waals surface area contributed by atoms with E-state index in [2.05, 4.69) is 25.8 Å². The van der Waals surface area contributed by atoms with Crippen LogP contribution >= 0.6 is 0 Å². The predicted molar refractivity (Wildman–Crippen MR) is 131 cm³/mol. The summed E-state index contributed by atoms with van der Waals surface area (Å²) in [5.41, 5.74) is 8.88. The van der Waals surface area contributed by atoms with Crippen molar-refractivity contribution in [1.29, 1.82) is 0 Å². The fourth-order valence-corrected chi connectivity index (χ4v) is 3.96. The van der Waals surface area contributed by atoms with Crippen LogP contribution in [0.25, 0.3) is 22.3 Å². The lowest BCUT2D eigenvalue weighted by Gasteiger charge is -2.23. The van der Waals surface area contributed by atoms with Crippen LogP contribution in [0.4, 0.5) is 11.5 Å². The van der Waals surface area contributed by atoms with E-state index in [-0.39, 0.29) is 11.8 Å². The molecule has 0 radical (unpaired) electrons. The number of aromatic nitrogens is 5. The second-order valence-corrected chi connectivity index (χ2v) is 8.00. The van der Waals surface area contributed by atoms with Crippen LogP contribution in [-0.4, -0.2) is 62.1 Å². The molecular formula is C23H26N8O5. The number of piperidine rings is 1. The fourth-order valence-electron chi connectivity index (χ4n) is 3.96. The van der Waals surface area contributed by atoms with Crippen LogP contribution < -0.4 is 21.1 Å². The molecule has 1 aliphatic rings. The summed E-state index contributed by atoms with van der Waals surface area (Å²) in [7, 11) is 1.53. The number of anilines is 2. The van der Waals surface area contributed by atoms with Crippen molar-refractivity contribution in [3.63, 3.8) is 0 Å². The summed E-state index contributed by atoms with van der Waals surface area (Å²) in [5.74, 6) is -0.318. The summed E-state index contributed by atoms with van der Waals surface area (Å²) in [6, 6.07) is 7.11. The van der Waals surface area contributed by atoms with Crippen molar-refractivity contribution in [3.8, 4) is 17.0 Å². The number of carbonyl (C=O) groups excluding carboxylic acids is 1. The molecule has 4 aromatic rings. The number of hydrogen-bond donors (Lipinski definition) is 4. The molecule has 1 fully saturated rings. The Balaban J connectivity index is 0.000000709. The highest BCUT2D eigenvalue weighted by Gasteiger charge is 2.24. The van der Waals surface area contributed by atoms with Crippen LogP contribution in [0.2, 0.25) is 0 Å². The van der Waals surface area contributed by atoms with Crippen LogP contribution in [0, 0.1) is 0 Å². The van der Waals surface area contributed by atoms with Crippen molar-refractivity contribution >= 4 is 34.4 Å². The van der Waals surface area contributed by atoms with E-state index < -0.39 is 11.9 Å². The van der Waals surface area contributed by atoms with Gasteiger partial charge in [0.05, 0.1) is 30.4 Å². The molecule has 0 spiro atoms. The van der Waals surface area contributed by atoms with Gasteiger partial charge in [0, 0.05) is 18.6 Å². The van der Waals surface area contributed by atoms with Crippen LogP contribution in [0.15, 0.2) is 41.3 Å². The van der Waals surface area contributed by atoms with Gasteiger partial charge in [-0.15, -0.1) is 0 Å². The highest BCUT2D eigenvalue weighted by molar-refractivity contribution is 6.03. The molecule has 13 nitrogen and oxygen atoms in total. The maximum atomic E-state index is 12.3. The van der Waals surface area contributed by atoms with Gasteiger partial charge in [-0.1, -0.05) is 11.2 Å². The molecule has 188 valence electrons. The molecular weight excluding hydrogens is 468 g/mol. The molecule has 0 atom stereocenters. The number of methoxy groups -OCH3 is 1. The predicted octanol–water partition coefficient (Wildman–Crippen LogP) is 2.34. The van der Waals surface area contributed by atoms with Crippen molar-refractivity contribution in [1.82, 2.24) is 30.2 Å². The van der Waals surface area contributed by atoms with Gasteiger partial charge in [0.2, 0.25) is 5.76 Å². The number of hydrogen-bond acceptors (Lipinski definition) is 10. The lowest BCUT2D eigenvalue weighted by Crippen LogP contribution is -2.30. The van der Waals surface area contributed by atoms with Crippen molar-refractivity contribution in [2.24, 2.45) is 0 Å². The minimum absolute atomic E-state index is 0.104. The Labute approximate surface area is 205 Å². The largest absolute Gasteiger partial charge is 0.495 e. The topological polar surface area (TPSA) is 183 Å². The highest BCUT2D eigenvalue weighted by atomic mass is 16.5. The molecule has 1 aliphatic heterocycles. The van der Waals surface area contributed by atoms with E-state index in [0.29, 0.717) is 34.0 Å². The molecule has 36 heavy (non-hydrogen) atoms. The second-order valence-electron chi connectivity index (χ2n) is 8.00. The smallest absolute Gasteiger partial charge is 0.300 e. The van der Waals surface area contributed by atoms with Crippen LogP contribution in [-0.2, 0) is 4.79 Å². The first kappa shape index (κ1) is 24.6. The molecule has 1 saturated heterocycles. The lowest BCUT2D eigenvalue weighted by molar-refractivity contribution is -0.134. The SMILES string of the molecule is CC(=O)O.COc1cc(-c2nn(C3CCNCC3)c3ncnc(N)c23)ccc1NC(=O)c1ccno1. The number of nitrogens with zero attached hydrogens (tertiary/aromatic N) is 5. The monoisotopic (exact) mass is 494 g/mol. The Kier molecular flexibility index (Phi) is 7.39. The van der Waals surface area contributed by atoms with Crippen LogP contribution in [0.5, 0.6) is 5.75 Å². The quantitative estimate of drug-likeness (QED) is 0.319. The van der Waals surface area contributed by atoms with Gasteiger partial charge in [0.1, 0.15) is 23.6 Å². The number of amides is 1. The number of fused-ring (bicyclic) bond motifs is 1. The summed E-state index contributed by atoms with van der Waals surface area (Å²) >= 11 is 0. The third-order valence-electron chi connectivity index (χ3n) is 5.56. The van der Waals surface area contributed by atoms with Gasteiger partial charge in [0.25, 0.3) is 11.9 Å². The van der Waals surface area contributed by atoms with Gasteiger partial charge in [-0.2, -0.15) is 5.10 Å². The van der Waals surface area contributed by atoms with Crippen molar-refractivity contribution in [2.75, 3.05) is 31.2 Å². The number of carboxylic acid groups (broad SMARTS) is 1. The minimum Gasteiger partial charge on any atom is -0.495 e. The third kappa shape index (κ3) is 5.25. The number of aliphatic carboxylic acids is 1. The minimum atomic E-state index is -0.833. The van der Waals surface area contributed by atoms with Gasteiger partial charge < -0.3 is 30.7 Å². The number of nitrogens with one attached hydrogen (secondary N) is 2. The normalized spacial score (nSPS) is 13.6. The summed E-state index contributed by atoms with van der Waals surface area (Å²) in [6.07, 6.45) is 4.78. The molecule has 3 aromatic heterocycles. The third-order valence-corrected chi connectivity index (χ3v) is 5.56. The Morgan fingerprint density at radius 2 is 2.00 bits per heavy atom. The Morgan fingerprint density at radius 1 is 1.25 bits per heavy atom. The number of nitrogen functional groups attached to an aromatic ring is 1. The van der Waals surface area contributed by atoms with Crippen LogP contribution in [0.3, 0.4) is 0 Å². The van der Waals surface area contributed by atoms with E-state index in [1.165, 1.54) is 25.7 Å². The second kappa shape index (κ2) is 10.8. The van der Waals surface area contributed by atoms with E-state index in [4.69, 9.17) is 30.0 Å². The molecule has 1 aromatic carbocycles. The highest BCUT2D eigenvalue weighted by Crippen LogP contribution is 2.36. The van der Waals surface area contributed by atoms with E-state index in [9.17, 15) is 4.79 Å². The van der Waals surface area contributed by atoms with E-state index in [1.807, 2.05) is 10.7 Å². The van der Waals surface area contributed by atoms with E-state index in [1.54, 1.807) is 12.1 Å². The molecule has 0 saturated carbocycles. The van der Waals surface area contributed by atoms with E-state index in [0.717, 1.165) is 38.4 Å². The maximum absolute atomic E-state index is 12.3. The average molecular weight is 495 g/mol. The molecule has 13 heteroatoms. The number of benzene rings is 1. The Hall–Kier alpha value is -4.52. The molecule has 4 heterocycles. The Bertz CT molecular complexity index is 1360. The first-order valence-corrected chi connectivity index (χ1v) is 11.2. The van der Waals surface area contributed by atoms with Gasteiger partial charge in [-0.05, 0) is 38.1 Å². The standard InChI is InChI=1S/C21H22N8O3.C2H4O2/c1-31-16-10-12(2-3-14(16)27-21(30)15-6-9-26-32-15)18-17-19(22)24-11-25-20(17)29(28-18)13-4-7-23-8-5-13;1-2(3)4/h2-3,6,9-11,13,23H,4-5,7-8H2,1H3,(H,27,30)(H2,22,24,25);1H3,(H,3,4). The molecule has 1 amide bonds. The summed E-state index contributed by atoms with van der Waals surface area (Å²) < 4.78 is 12.4. The summed E-state index contributed by atoms with van der Waals surface area (Å²) in [6.45, 7) is 2.94. The summed E-state index contributed by atoms with van der Waals surface area (Å²) in [5, 5.41) is 22.7. The zero-order valence-electron chi connectivity index (χ0n) is 19.8. The van der Waals surface area contributed by atoms with Gasteiger partial charge in [0.15, 0.2) is 5.65 Å². The first-order chi connectivity index (χ1) is 17.4. The van der Waals surface area contributed by atoms with Crippen molar-refractivity contribution < 1.29 is 24.0 Å². The molecule has 5 rings (SSSR count). The average Bonchev–Trinajstić information content (AvgIpc) is 3.54. The zero-order chi connectivity index (χ0) is 25.7. The molecule has 0 bridgehead atoms. The maximum Gasteiger partial charge on any atom is 0.300 e. The van der Waals surface area contributed by atoms with Gasteiger partial charge in [-0.3, -0.25) is 9.59 Å². The number of nitrogens with two attached hydrogens (primary N) is 1. The van der Waals surface area contributed by atoms with Crippen LogP contribution in [0.1, 0.15) is 36.4 Å². The van der Waals surface area contributed by atoms with Crippen molar-refractivity contribution in [3.05, 3.63) is 42.5 Å². The van der Waals surface area contributed by atoms with Gasteiger partial charge >= 0.3 is 0 Å². The van der Waals surface area contributed by atoms with E-state index >= 15 is 0 Å². The first-order valence-electron chi connectivity index (χ1n) is 11.2. The number of carboxylic acids is 1. The lowest BCUT2D eigenvalue weighted by atomic mass is 10.1. The number of carbonyl (C=O) groups is 2. The van der Waals surface area contributed by atoms with Crippen molar-refractivity contribution in [2.45, 2.75) is 25.8 Å².